The van der Waals surface area contributed by atoms with Gasteiger partial charge in [0.1, 0.15) is 16.8 Å². The van der Waals surface area contributed by atoms with Gasteiger partial charge in [-0.2, -0.15) is 5.26 Å². The molecule has 2 N–H and O–H groups in total. The topological polar surface area (TPSA) is 121 Å². The van der Waals surface area contributed by atoms with Crippen LogP contribution >= 0.6 is 23.6 Å². The van der Waals surface area contributed by atoms with Gasteiger partial charge in [0, 0.05) is 10.9 Å². The van der Waals surface area contributed by atoms with E-state index < -0.39 is 10.8 Å². The number of para-hydroxylation sites is 1. The summed E-state index contributed by atoms with van der Waals surface area (Å²) >= 11 is 6.75. The van der Waals surface area contributed by atoms with E-state index in [4.69, 9.17) is 16.6 Å². The maximum absolute atomic E-state index is 12.6. The van der Waals surface area contributed by atoms with Gasteiger partial charge >= 0.3 is 0 Å². The standard InChI is InChI=1S/C22H18N4O4S2/c1-12-6-7-13-15(11-23)21(32-19(13)10-12)25-22(31)24-20(27)18-9-8-17(30-18)14-4-2-3-5-16(14)26(28)29/h2-5,8-9,12H,6-7,10H2,1H3,(H2,24,25,27,31)/t12-/m1/s1. The van der Waals surface area contributed by atoms with Gasteiger partial charge in [-0.3, -0.25) is 20.2 Å². The predicted molar refractivity (Wildman–Crippen MR) is 125 cm³/mol. The molecular formula is C22H18N4O4S2. The molecule has 3 aromatic rings. The van der Waals surface area contributed by atoms with Crippen LogP contribution in [0.1, 0.15) is 39.9 Å². The molecule has 2 aromatic heterocycles. The highest BCUT2D eigenvalue weighted by Gasteiger charge is 2.25. The molecule has 1 aliphatic carbocycles. The predicted octanol–water partition coefficient (Wildman–Crippen LogP) is 5.04. The second kappa shape index (κ2) is 8.90. The Morgan fingerprint density at radius 1 is 1.34 bits per heavy atom. The quantitative estimate of drug-likeness (QED) is 0.314. The third-order valence-corrected chi connectivity index (χ3v) is 6.65. The molecule has 0 unspecified atom stereocenters. The molecule has 0 saturated carbocycles. The molecule has 0 radical (unpaired) electrons. The van der Waals surface area contributed by atoms with Gasteiger partial charge in [-0.15, -0.1) is 11.3 Å². The van der Waals surface area contributed by atoms with Gasteiger partial charge in [0.25, 0.3) is 11.6 Å². The van der Waals surface area contributed by atoms with Crippen molar-refractivity contribution < 1.29 is 14.1 Å². The Bertz CT molecular complexity index is 1270. The first kappa shape index (κ1) is 21.7. The number of nitrogens with one attached hydrogen (secondary N) is 2. The van der Waals surface area contributed by atoms with Crippen LogP contribution in [-0.2, 0) is 12.8 Å². The van der Waals surface area contributed by atoms with Crippen LogP contribution < -0.4 is 10.6 Å². The Morgan fingerprint density at radius 3 is 2.88 bits per heavy atom. The van der Waals surface area contributed by atoms with Gasteiger partial charge in [-0.05, 0) is 61.2 Å². The van der Waals surface area contributed by atoms with Gasteiger partial charge in [-0.1, -0.05) is 19.1 Å². The molecule has 1 aliphatic rings. The molecule has 0 aliphatic heterocycles. The molecule has 0 fully saturated rings. The molecule has 10 heteroatoms. The van der Waals surface area contributed by atoms with Crippen LogP contribution in [0.5, 0.6) is 0 Å². The minimum atomic E-state index is -0.596. The molecule has 32 heavy (non-hydrogen) atoms. The number of carbonyl (C=O) groups excluding carboxylic acids is 1. The number of nitriles is 1. The molecular weight excluding hydrogens is 448 g/mol. The molecule has 162 valence electrons. The molecule has 1 amide bonds. The first-order chi connectivity index (χ1) is 15.4. The van der Waals surface area contributed by atoms with Crippen molar-refractivity contribution in [2.75, 3.05) is 5.32 Å². The molecule has 1 atom stereocenters. The van der Waals surface area contributed by atoms with Crippen LogP contribution in [0.2, 0.25) is 0 Å². The molecule has 0 spiro atoms. The summed E-state index contributed by atoms with van der Waals surface area (Å²) in [6, 6.07) is 11.3. The molecule has 8 nitrogen and oxygen atoms in total. The highest BCUT2D eigenvalue weighted by Crippen LogP contribution is 2.39. The number of hydrogen-bond donors (Lipinski definition) is 2. The fourth-order valence-corrected chi connectivity index (χ4v) is 5.33. The maximum Gasteiger partial charge on any atom is 0.293 e. The van der Waals surface area contributed by atoms with E-state index in [9.17, 15) is 20.2 Å². The Labute approximate surface area is 193 Å². The third-order valence-electron chi connectivity index (χ3n) is 5.27. The van der Waals surface area contributed by atoms with E-state index in [-0.39, 0.29) is 27.9 Å². The fraction of sp³-hybridized carbons (Fsp3) is 0.227. The van der Waals surface area contributed by atoms with Crippen LogP contribution in [0.15, 0.2) is 40.8 Å². The number of fused-ring (bicyclic) bond motifs is 1. The zero-order valence-corrected chi connectivity index (χ0v) is 18.6. The number of thiocarbonyl (C=S) groups is 1. The summed E-state index contributed by atoms with van der Waals surface area (Å²) < 4.78 is 5.54. The van der Waals surface area contributed by atoms with Crippen LogP contribution in [0.25, 0.3) is 11.3 Å². The van der Waals surface area contributed by atoms with Gasteiger partial charge in [-0.25, -0.2) is 0 Å². The SMILES string of the molecule is C[C@@H]1CCc2c(sc(NC(=S)NC(=O)c3ccc(-c4ccccc4[N+](=O)[O-])o3)c2C#N)C1. The molecule has 2 heterocycles. The number of anilines is 1. The van der Waals surface area contributed by atoms with E-state index >= 15 is 0 Å². The number of thiophene rings is 1. The smallest absolute Gasteiger partial charge is 0.293 e. The van der Waals surface area contributed by atoms with E-state index in [1.54, 1.807) is 18.2 Å². The summed E-state index contributed by atoms with van der Waals surface area (Å²) in [5.74, 6) is 0.136. The summed E-state index contributed by atoms with van der Waals surface area (Å²) in [6.07, 6.45) is 2.83. The van der Waals surface area contributed by atoms with Crippen LogP contribution in [0, 0.1) is 27.4 Å². The largest absolute Gasteiger partial charge is 0.451 e. The zero-order chi connectivity index (χ0) is 22.8. The third kappa shape index (κ3) is 4.26. The van der Waals surface area contributed by atoms with Crippen molar-refractivity contribution in [2.24, 2.45) is 5.92 Å². The number of nitro benzene ring substituents is 1. The van der Waals surface area contributed by atoms with Crippen molar-refractivity contribution in [1.82, 2.24) is 5.32 Å². The minimum Gasteiger partial charge on any atom is -0.451 e. The lowest BCUT2D eigenvalue weighted by Gasteiger charge is -2.17. The maximum atomic E-state index is 12.6. The number of nitrogens with zero attached hydrogens (tertiary/aromatic N) is 2. The number of benzene rings is 1. The van der Waals surface area contributed by atoms with Gasteiger partial charge in [0.05, 0.1) is 16.1 Å². The van der Waals surface area contributed by atoms with E-state index in [0.717, 1.165) is 24.8 Å². The average molecular weight is 467 g/mol. The Hall–Kier alpha value is -3.55. The van der Waals surface area contributed by atoms with E-state index in [1.165, 1.54) is 34.4 Å². The van der Waals surface area contributed by atoms with E-state index in [2.05, 4.69) is 23.6 Å². The van der Waals surface area contributed by atoms with Crippen LogP contribution in [0.3, 0.4) is 0 Å². The summed E-state index contributed by atoms with van der Waals surface area (Å²) in [7, 11) is 0. The number of rotatable bonds is 4. The number of nitro groups is 1. The van der Waals surface area contributed by atoms with Crippen molar-refractivity contribution in [3.8, 4) is 17.4 Å². The van der Waals surface area contributed by atoms with E-state index in [0.29, 0.717) is 16.5 Å². The highest BCUT2D eigenvalue weighted by molar-refractivity contribution is 7.80. The highest BCUT2D eigenvalue weighted by atomic mass is 32.1. The average Bonchev–Trinajstić information content (AvgIpc) is 3.37. The normalized spacial score (nSPS) is 14.8. The molecule has 0 saturated heterocycles. The van der Waals surface area contributed by atoms with Crippen LogP contribution in [-0.4, -0.2) is 15.9 Å². The molecule has 1 aromatic carbocycles. The fourth-order valence-electron chi connectivity index (χ4n) is 3.70. The first-order valence-electron chi connectivity index (χ1n) is 9.88. The van der Waals surface area contributed by atoms with Gasteiger partial charge < -0.3 is 9.73 Å². The van der Waals surface area contributed by atoms with Gasteiger partial charge in [0.2, 0.25) is 0 Å². The first-order valence-corrected chi connectivity index (χ1v) is 11.1. The lowest BCUT2D eigenvalue weighted by atomic mass is 9.89. The van der Waals surface area contributed by atoms with Gasteiger partial charge in [0.15, 0.2) is 10.9 Å². The van der Waals surface area contributed by atoms with Crippen molar-refractivity contribution in [1.29, 1.82) is 5.26 Å². The Kier molecular flexibility index (Phi) is 6.03. The lowest BCUT2D eigenvalue weighted by molar-refractivity contribution is -0.384. The summed E-state index contributed by atoms with van der Waals surface area (Å²) in [4.78, 5) is 24.5. The van der Waals surface area contributed by atoms with Crippen molar-refractivity contribution in [3.05, 3.63) is 68.3 Å². The molecule has 4 rings (SSSR count). The lowest BCUT2D eigenvalue weighted by Crippen LogP contribution is -2.33. The molecule has 0 bridgehead atoms. The van der Waals surface area contributed by atoms with Crippen LogP contribution in [0.4, 0.5) is 10.7 Å². The second-order valence-corrected chi connectivity index (χ2v) is 9.03. The van der Waals surface area contributed by atoms with Crippen molar-refractivity contribution in [2.45, 2.75) is 26.2 Å². The number of hydrogen-bond acceptors (Lipinski definition) is 7. The summed E-state index contributed by atoms with van der Waals surface area (Å²) in [6.45, 7) is 2.19. The number of carbonyl (C=O) groups is 1. The minimum absolute atomic E-state index is 0.0397. The summed E-state index contributed by atoms with van der Waals surface area (Å²) in [5, 5.41) is 27.0. The van der Waals surface area contributed by atoms with Crippen molar-refractivity contribution in [3.63, 3.8) is 0 Å². The Morgan fingerprint density at radius 2 is 2.12 bits per heavy atom. The monoisotopic (exact) mass is 466 g/mol. The zero-order valence-electron chi connectivity index (χ0n) is 17.0. The second-order valence-electron chi connectivity index (χ2n) is 7.51. The van der Waals surface area contributed by atoms with E-state index in [1.807, 2.05) is 0 Å². The summed E-state index contributed by atoms with van der Waals surface area (Å²) in [5.41, 5.74) is 1.79. The van der Waals surface area contributed by atoms with Crippen molar-refractivity contribution >= 4 is 45.3 Å². The number of furan rings is 1. The number of amides is 1. The Balaban J connectivity index is 1.48.